The predicted molar refractivity (Wildman–Crippen MR) is 169 cm³/mol. The molecule has 3 aromatic carbocycles. The fourth-order valence-corrected chi connectivity index (χ4v) is 6.27. The summed E-state index contributed by atoms with van der Waals surface area (Å²) in [4.78, 5) is 25.4. The molecule has 6 nitrogen and oxygen atoms in total. The molecule has 230 valence electrons. The summed E-state index contributed by atoms with van der Waals surface area (Å²) in [5.41, 5.74) is 2.24. The lowest BCUT2D eigenvalue weighted by Gasteiger charge is -2.48. The molecule has 0 spiro atoms. The number of hydrogen-bond acceptors (Lipinski definition) is 4. The Hall–Kier alpha value is -3.13. The molecular weight excluding hydrogens is 590 g/mol. The SMILES string of the molecule is CC1CCN(C(=O)c2cc(C3CC3)c(OCC3(C)CN(Cc4cc(Cl)cc(Cl)c4)C3)cc2F)C1.O=CO.c1ccccc1. The van der Waals surface area contributed by atoms with E-state index in [1.165, 1.54) is 6.07 Å². The molecule has 2 heterocycles. The minimum atomic E-state index is -0.484. The molecule has 2 saturated heterocycles. The van der Waals surface area contributed by atoms with Gasteiger partial charge in [-0.15, -0.1) is 0 Å². The van der Waals surface area contributed by atoms with Gasteiger partial charge in [0.05, 0.1) is 12.2 Å². The summed E-state index contributed by atoms with van der Waals surface area (Å²) < 4.78 is 21.2. The number of ether oxygens (including phenoxy) is 1. The van der Waals surface area contributed by atoms with E-state index in [0.717, 1.165) is 50.0 Å². The van der Waals surface area contributed by atoms with Gasteiger partial charge in [0.2, 0.25) is 0 Å². The predicted octanol–water partition coefficient (Wildman–Crippen LogP) is 7.78. The van der Waals surface area contributed by atoms with Crippen LogP contribution in [-0.4, -0.2) is 60.1 Å². The van der Waals surface area contributed by atoms with Crippen LogP contribution in [0.15, 0.2) is 66.7 Å². The van der Waals surface area contributed by atoms with E-state index in [-0.39, 0.29) is 23.4 Å². The van der Waals surface area contributed by atoms with Gasteiger partial charge >= 0.3 is 0 Å². The Bertz CT molecular complexity index is 1330. The molecule has 1 atom stereocenters. The van der Waals surface area contributed by atoms with Crippen molar-refractivity contribution in [1.82, 2.24) is 9.80 Å². The molecule has 3 aromatic rings. The second-order valence-corrected chi connectivity index (χ2v) is 12.9. The van der Waals surface area contributed by atoms with E-state index in [1.807, 2.05) is 48.5 Å². The molecule has 3 fully saturated rings. The van der Waals surface area contributed by atoms with Crippen LogP contribution in [0.1, 0.15) is 60.5 Å². The van der Waals surface area contributed by atoms with Crippen LogP contribution in [0.4, 0.5) is 4.39 Å². The fraction of sp³-hybridized carbons (Fsp3) is 0.412. The van der Waals surface area contributed by atoms with Gasteiger partial charge in [-0.1, -0.05) is 73.4 Å². The maximum Gasteiger partial charge on any atom is 0.290 e. The molecule has 1 saturated carbocycles. The molecule has 1 aliphatic carbocycles. The first kappa shape index (κ1) is 32.8. The van der Waals surface area contributed by atoms with Gasteiger partial charge in [-0.05, 0) is 66.5 Å². The lowest BCUT2D eigenvalue weighted by Crippen LogP contribution is -2.56. The molecule has 9 heteroatoms. The van der Waals surface area contributed by atoms with Crippen LogP contribution in [0.2, 0.25) is 10.0 Å². The maximum absolute atomic E-state index is 15.0. The van der Waals surface area contributed by atoms with E-state index in [9.17, 15) is 4.79 Å². The van der Waals surface area contributed by atoms with E-state index in [1.54, 1.807) is 17.0 Å². The van der Waals surface area contributed by atoms with Gasteiger partial charge in [-0.2, -0.15) is 0 Å². The molecule has 43 heavy (non-hydrogen) atoms. The van der Waals surface area contributed by atoms with Crippen molar-refractivity contribution >= 4 is 35.6 Å². The normalized spacial score (nSPS) is 18.8. The fourth-order valence-electron chi connectivity index (χ4n) is 5.70. The molecule has 3 aliphatic rings. The van der Waals surface area contributed by atoms with Crippen molar-refractivity contribution in [3.05, 3.63) is 99.3 Å². The first-order valence-electron chi connectivity index (χ1n) is 14.6. The Kier molecular flexibility index (Phi) is 11.5. The highest BCUT2D eigenvalue weighted by Gasteiger charge is 2.40. The molecule has 1 unspecified atom stereocenters. The minimum Gasteiger partial charge on any atom is -0.493 e. The first-order valence-corrected chi connectivity index (χ1v) is 15.4. The Morgan fingerprint density at radius 1 is 1.02 bits per heavy atom. The van der Waals surface area contributed by atoms with Crippen molar-refractivity contribution in [1.29, 1.82) is 0 Å². The summed E-state index contributed by atoms with van der Waals surface area (Å²) in [5.74, 6) is 0.738. The molecule has 0 radical (unpaired) electrons. The van der Waals surface area contributed by atoms with E-state index in [2.05, 4.69) is 18.7 Å². The largest absolute Gasteiger partial charge is 0.493 e. The summed E-state index contributed by atoms with van der Waals surface area (Å²) in [7, 11) is 0. The third-order valence-corrected chi connectivity index (χ3v) is 8.28. The smallest absolute Gasteiger partial charge is 0.290 e. The highest BCUT2D eigenvalue weighted by Crippen LogP contribution is 2.46. The summed E-state index contributed by atoms with van der Waals surface area (Å²) in [5, 5.41) is 8.18. The number of amides is 1. The number of rotatable bonds is 7. The van der Waals surface area contributed by atoms with Crippen LogP contribution in [0.3, 0.4) is 0 Å². The Labute approximate surface area is 263 Å². The second-order valence-electron chi connectivity index (χ2n) is 12.1. The summed E-state index contributed by atoms with van der Waals surface area (Å²) in [6, 6.07) is 20.8. The number of hydrogen-bond donors (Lipinski definition) is 1. The number of carboxylic acid groups (broad SMARTS) is 1. The van der Waals surface area contributed by atoms with Crippen LogP contribution in [0, 0.1) is 17.2 Å². The van der Waals surface area contributed by atoms with Crippen molar-refractivity contribution in [3.63, 3.8) is 0 Å². The summed E-state index contributed by atoms with van der Waals surface area (Å²) in [6.07, 6.45) is 3.09. The maximum atomic E-state index is 15.0. The highest BCUT2D eigenvalue weighted by atomic mass is 35.5. The van der Waals surface area contributed by atoms with E-state index in [0.29, 0.717) is 47.3 Å². The van der Waals surface area contributed by atoms with E-state index < -0.39 is 5.82 Å². The zero-order valence-corrected chi connectivity index (χ0v) is 26.2. The van der Waals surface area contributed by atoms with Gasteiger partial charge in [-0.3, -0.25) is 14.5 Å². The van der Waals surface area contributed by atoms with Gasteiger partial charge in [0.25, 0.3) is 12.4 Å². The monoisotopic (exact) mass is 628 g/mol. The number of nitrogens with zero attached hydrogens (tertiary/aromatic N) is 2. The number of halogens is 3. The van der Waals surface area contributed by atoms with Crippen LogP contribution in [0.5, 0.6) is 5.75 Å². The average Bonchev–Trinajstić information content (AvgIpc) is 3.71. The zero-order valence-electron chi connectivity index (χ0n) is 24.6. The molecule has 6 rings (SSSR count). The summed E-state index contributed by atoms with van der Waals surface area (Å²) in [6.45, 7) is 8.51. The van der Waals surface area contributed by atoms with Crippen molar-refractivity contribution in [2.24, 2.45) is 11.3 Å². The second kappa shape index (κ2) is 15.0. The first-order chi connectivity index (χ1) is 20.6. The van der Waals surface area contributed by atoms with Crippen LogP contribution >= 0.6 is 23.2 Å². The van der Waals surface area contributed by atoms with Crippen LogP contribution < -0.4 is 4.74 Å². The molecule has 1 amide bonds. The van der Waals surface area contributed by atoms with Crippen LogP contribution in [0.25, 0.3) is 0 Å². The van der Waals surface area contributed by atoms with Crippen molar-refractivity contribution < 1.29 is 23.8 Å². The quantitative estimate of drug-likeness (QED) is 0.271. The van der Waals surface area contributed by atoms with Gasteiger partial charge < -0.3 is 14.7 Å². The zero-order chi connectivity index (χ0) is 31.0. The van der Waals surface area contributed by atoms with Crippen LogP contribution in [-0.2, 0) is 11.3 Å². The van der Waals surface area contributed by atoms with Crippen molar-refractivity contribution in [2.75, 3.05) is 32.8 Å². The Morgan fingerprint density at radius 3 is 2.12 bits per heavy atom. The van der Waals surface area contributed by atoms with E-state index in [4.69, 9.17) is 37.8 Å². The van der Waals surface area contributed by atoms with Gasteiger partial charge in [0.1, 0.15) is 11.6 Å². The molecule has 0 aromatic heterocycles. The van der Waals surface area contributed by atoms with Gasteiger partial charge in [-0.25, -0.2) is 4.39 Å². The number of carbonyl (C=O) groups is 2. The molecular formula is C34H39Cl2FN2O4. The average molecular weight is 630 g/mol. The summed E-state index contributed by atoms with van der Waals surface area (Å²) >= 11 is 12.2. The van der Waals surface area contributed by atoms with Gasteiger partial charge in [0.15, 0.2) is 0 Å². The lowest BCUT2D eigenvalue weighted by atomic mass is 9.82. The number of benzene rings is 3. The minimum absolute atomic E-state index is 0.0140. The highest BCUT2D eigenvalue weighted by molar-refractivity contribution is 6.34. The Morgan fingerprint density at radius 2 is 1.60 bits per heavy atom. The van der Waals surface area contributed by atoms with Crippen molar-refractivity contribution in [2.45, 2.75) is 45.6 Å². The number of likely N-dealkylation sites (tertiary alicyclic amines) is 2. The van der Waals surface area contributed by atoms with Crippen molar-refractivity contribution in [3.8, 4) is 5.75 Å². The third kappa shape index (κ3) is 9.43. The molecule has 0 bridgehead atoms. The van der Waals surface area contributed by atoms with E-state index >= 15 is 4.39 Å². The molecule has 1 N–H and O–H groups in total. The number of carbonyl (C=O) groups excluding carboxylic acids is 1. The van der Waals surface area contributed by atoms with Gasteiger partial charge in [0, 0.05) is 54.3 Å². The lowest BCUT2D eigenvalue weighted by molar-refractivity contribution is -0.122. The molecule has 2 aliphatic heterocycles. The standard InChI is InChI=1S/C27H31Cl2FN2O2.C6H6.CH2O2/c1-17-5-6-32(12-17)26(33)23-10-22(19-3-4-19)25(11-24(23)30)34-16-27(2)14-31(15-27)13-18-7-20(28)9-21(29)8-18;1-2-4-6-5-3-1;2-1-3/h7-11,17,19H,3-6,12-16H2,1-2H3;1-6H;1H,(H,2,3). The Balaban J connectivity index is 0.000000408. The topological polar surface area (TPSA) is 70.1 Å². The third-order valence-electron chi connectivity index (χ3n) is 7.84.